The van der Waals surface area contributed by atoms with E-state index < -0.39 is 17.4 Å². The first-order valence-corrected chi connectivity index (χ1v) is 18.1. The van der Waals surface area contributed by atoms with E-state index in [0.717, 1.165) is 30.6 Å². The Morgan fingerprint density at radius 3 is 2.24 bits per heavy atom. The predicted octanol–water partition coefficient (Wildman–Crippen LogP) is 7.87. The van der Waals surface area contributed by atoms with E-state index in [9.17, 15) is 4.79 Å². The van der Waals surface area contributed by atoms with Crippen LogP contribution >= 0.6 is 0 Å². The lowest BCUT2D eigenvalue weighted by Gasteiger charge is -2.47. The Morgan fingerprint density at radius 1 is 1.06 bits per heavy atom. The Balaban J connectivity index is 1.89. The summed E-state index contributed by atoms with van der Waals surface area (Å²) in [6.07, 6.45) is 3.99. The Morgan fingerprint density at radius 2 is 1.70 bits per heavy atom. The molecule has 0 saturated heterocycles. The van der Waals surface area contributed by atoms with Gasteiger partial charge in [-0.3, -0.25) is 4.79 Å². The molecular formula is C28H47O3Si2. The zero-order valence-corrected chi connectivity index (χ0v) is 25.0. The topological polar surface area (TPSA) is 35.5 Å². The largest absolute Gasteiger partial charge is 0.542 e. The molecule has 0 bridgehead atoms. The molecule has 1 aromatic rings. The average Bonchev–Trinajstić information content (AvgIpc) is 2.93. The van der Waals surface area contributed by atoms with E-state index in [1.165, 1.54) is 5.56 Å². The monoisotopic (exact) mass is 487 g/mol. The van der Waals surface area contributed by atoms with Crippen LogP contribution in [0.1, 0.15) is 91.2 Å². The standard InChI is InChI=1S/C28H47O3Si2/c1-26(2,3)19-12-14-21(24(17-19)30-32(8)9)22-16-20-13-15-25(28(20,7)18-23(22)29)31-33(10,11)27(4,5)6/h12,14,17,20,22,25H,13,15-16,18H2,1-11H3/t20-,22-,25-,28-/m0/s1. The molecule has 4 atom stereocenters. The van der Waals surface area contributed by atoms with Gasteiger partial charge in [0, 0.05) is 23.3 Å². The van der Waals surface area contributed by atoms with Crippen molar-refractivity contribution in [2.75, 3.05) is 0 Å². The highest BCUT2D eigenvalue weighted by atomic mass is 28.4. The quantitative estimate of drug-likeness (QED) is 0.396. The smallest absolute Gasteiger partial charge is 0.274 e. The zero-order valence-electron chi connectivity index (χ0n) is 23.0. The number of Topliss-reactive ketones (excluding diaryl/α,β-unsaturated/α-hetero) is 1. The first-order chi connectivity index (χ1) is 15.0. The van der Waals surface area contributed by atoms with E-state index in [1.54, 1.807) is 0 Å². The summed E-state index contributed by atoms with van der Waals surface area (Å²) in [6, 6.07) is 6.59. The summed E-state index contributed by atoms with van der Waals surface area (Å²) in [7, 11) is -2.80. The summed E-state index contributed by atoms with van der Waals surface area (Å²) in [5.41, 5.74) is 2.39. The zero-order chi connectivity index (χ0) is 25.0. The van der Waals surface area contributed by atoms with Gasteiger partial charge in [0.15, 0.2) is 8.32 Å². The molecule has 0 unspecified atom stereocenters. The van der Waals surface area contributed by atoms with Gasteiger partial charge in [0.1, 0.15) is 11.5 Å². The Bertz CT molecular complexity index is 878. The highest BCUT2D eigenvalue weighted by Gasteiger charge is 2.55. The fourth-order valence-corrected chi connectivity index (χ4v) is 7.53. The maximum Gasteiger partial charge on any atom is 0.274 e. The van der Waals surface area contributed by atoms with Gasteiger partial charge >= 0.3 is 0 Å². The van der Waals surface area contributed by atoms with Crippen molar-refractivity contribution in [2.45, 2.75) is 123 Å². The second kappa shape index (κ2) is 8.94. The molecule has 33 heavy (non-hydrogen) atoms. The third-order valence-corrected chi connectivity index (χ3v) is 13.8. The number of ketones is 1. The van der Waals surface area contributed by atoms with Crippen LogP contribution in [-0.4, -0.2) is 29.2 Å². The molecule has 3 rings (SSSR count). The second-order valence-corrected chi connectivity index (χ2v) is 20.4. The lowest BCUT2D eigenvalue weighted by molar-refractivity contribution is -0.129. The average molecular weight is 488 g/mol. The first kappa shape index (κ1) is 26.7. The predicted molar refractivity (Wildman–Crippen MR) is 143 cm³/mol. The van der Waals surface area contributed by atoms with Crippen molar-refractivity contribution in [2.24, 2.45) is 11.3 Å². The summed E-state index contributed by atoms with van der Waals surface area (Å²) in [6.45, 7) is 24.9. The van der Waals surface area contributed by atoms with Crippen molar-refractivity contribution >= 4 is 23.1 Å². The molecule has 0 spiro atoms. The van der Waals surface area contributed by atoms with Gasteiger partial charge in [-0.25, -0.2) is 0 Å². The van der Waals surface area contributed by atoms with Gasteiger partial charge in [-0.15, -0.1) is 0 Å². The van der Waals surface area contributed by atoms with Crippen molar-refractivity contribution in [1.29, 1.82) is 0 Å². The van der Waals surface area contributed by atoms with Crippen LogP contribution in [0, 0.1) is 11.3 Å². The summed E-state index contributed by atoms with van der Waals surface area (Å²) in [5, 5.41) is 0.184. The molecule has 185 valence electrons. The number of hydrogen-bond acceptors (Lipinski definition) is 3. The van der Waals surface area contributed by atoms with Crippen molar-refractivity contribution in [3.05, 3.63) is 29.3 Å². The molecule has 5 heteroatoms. The Labute approximate surface area is 205 Å². The van der Waals surface area contributed by atoms with Crippen LogP contribution < -0.4 is 4.43 Å². The third kappa shape index (κ3) is 5.35. The molecule has 2 saturated carbocycles. The van der Waals surface area contributed by atoms with Crippen molar-refractivity contribution in [1.82, 2.24) is 0 Å². The second-order valence-electron chi connectivity index (χ2n) is 13.6. The van der Waals surface area contributed by atoms with Crippen molar-refractivity contribution in [3.8, 4) is 5.75 Å². The molecular weight excluding hydrogens is 440 g/mol. The van der Waals surface area contributed by atoms with E-state index in [-0.39, 0.29) is 27.9 Å². The van der Waals surface area contributed by atoms with Crippen LogP contribution in [0.25, 0.3) is 0 Å². The van der Waals surface area contributed by atoms with Gasteiger partial charge < -0.3 is 8.85 Å². The van der Waals surface area contributed by atoms with Gasteiger partial charge in [-0.1, -0.05) is 60.6 Å². The summed E-state index contributed by atoms with van der Waals surface area (Å²) >= 11 is 0. The van der Waals surface area contributed by atoms with Crippen LogP contribution in [0.4, 0.5) is 0 Å². The maximum atomic E-state index is 13.7. The SMILES string of the molecule is C[Si](C)Oc1cc(C(C)(C)C)ccc1[C@@H]1C[C@@H]2CC[C@H](O[Si](C)(C)C(C)(C)C)[C@@]2(C)CC1=O. The fourth-order valence-electron chi connectivity index (χ4n) is 5.46. The minimum Gasteiger partial charge on any atom is -0.542 e. The van der Waals surface area contributed by atoms with Gasteiger partial charge in [-0.2, -0.15) is 0 Å². The highest BCUT2D eigenvalue weighted by Crippen LogP contribution is 2.57. The summed E-state index contributed by atoms with van der Waals surface area (Å²) < 4.78 is 13.3. The van der Waals surface area contributed by atoms with Gasteiger partial charge in [0.25, 0.3) is 9.04 Å². The van der Waals surface area contributed by atoms with Gasteiger partial charge in [-0.05, 0) is 73.5 Å². The fraction of sp³-hybridized carbons (Fsp3) is 0.750. The van der Waals surface area contributed by atoms with Crippen LogP contribution in [0.2, 0.25) is 31.2 Å². The number of rotatable bonds is 5. The molecule has 1 aromatic carbocycles. The van der Waals surface area contributed by atoms with E-state index in [4.69, 9.17) is 8.85 Å². The molecule has 0 aromatic heterocycles. The van der Waals surface area contributed by atoms with Gasteiger partial charge in [0.05, 0.1) is 6.10 Å². The number of hydrogen-bond donors (Lipinski definition) is 0. The molecule has 0 amide bonds. The highest BCUT2D eigenvalue weighted by molar-refractivity contribution is 6.74. The van der Waals surface area contributed by atoms with E-state index in [1.807, 2.05) is 0 Å². The number of benzene rings is 1. The molecule has 0 N–H and O–H groups in total. The molecule has 0 heterocycles. The van der Waals surface area contributed by atoms with Crippen LogP contribution in [0.5, 0.6) is 5.75 Å². The summed E-state index contributed by atoms with van der Waals surface area (Å²) in [5.74, 6) is 1.78. The van der Waals surface area contributed by atoms with Crippen molar-refractivity contribution in [3.63, 3.8) is 0 Å². The molecule has 0 aliphatic heterocycles. The first-order valence-electron chi connectivity index (χ1n) is 12.8. The molecule has 2 aliphatic carbocycles. The van der Waals surface area contributed by atoms with Gasteiger partial charge in [0.2, 0.25) is 0 Å². The van der Waals surface area contributed by atoms with E-state index >= 15 is 0 Å². The van der Waals surface area contributed by atoms with Crippen LogP contribution in [-0.2, 0) is 14.6 Å². The lowest BCUT2D eigenvalue weighted by Crippen LogP contribution is -2.50. The minimum atomic E-state index is -1.88. The third-order valence-electron chi connectivity index (χ3n) is 8.72. The molecule has 2 aliphatic rings. The van der Waals surface area contributed by atoms with E-state index in [2.05, 4.69) is 92.9 Å². The molecule has 1 radical (unpaired) electrons. The number of carbonyl (C=O) groups excluding carboxylic acids is 1. The summed E-state index contributed by atoms with van der Waals surface area (Å²) in [4.78, 5) is 13.7. The number of carbonyl (C=O) groups is 1. The Kier molecular flexibility index (Phi) is 7.23. The number of fused-ring (bicyclic) bond motifs is 1. The van der Waals surface area contributed by atoms with Crippen molar-refractivity contribution < 1.29 is 13.6 Å². The van der Waals surface area contributed by atoms with E-state index in [0.29, 0.717) is 18.1 Å². The normalized spacial score (nSPS) is 28.8. The Hall–Kier alpha value is -0.916. The minimum absolute atomic E-state index is 0.0417. The maximum absolute atomic E-state index is 13.7. The molecule has 3 nitrogen and oxygen atoms in total. The van der Waals surface area contributed by atoms with Crippen LogP contribution in [0.15, 0.2) is 18.2 Å². The molecule has 2 fully saturated rings. The van der Waals surface area contributed by atoms with Crippen LogP contribution in [0.3, 0.4) is 0 Å². The lowest BCUT2D eigenvalue weighted by atomic mass is 9.63.